The van der Waals surface area contributed by atoms with Gasteiger partial charge in [0.25, 0.3) is 0 Å². The molecule has 72 heavy (non-hydrogen) atoms. The van der Waals surface area contributed by atoms with Crippen LogP contribution in [-0.4, -0.2) is 133 Å². The van der Waals surface area contributed by atoms with E-state index >= 15 is 0 Å². The number of hydrogen-bond acceptors (Lipinski definition) is 17. The minimum absolute atomic E-state index is 0.00568. The highest BCUT2D eigenvalue weighted by atomic mass is 16.6. The highest BCUT2D eigenvalue weighted by Gasteiger charge is 2.30. The summed E-state index contributed by atoms with van der Waals surface area (Å²) in [5, 5.41) is 23.3. The van der Waals surface area contributed by atoms with Crippen LogP contribution in [0.15, 0.2) is 109 Å². The van der Waals surface area contributed by atoms with Crippen LogP contribution in [0.2, 0.25) is 0 Å². The Labute approximate surface area is 423 Å². The van der Waals surface area contributed by atoms with E-state index in [1.54, 1.807) is 63.1 Å². The Hall–Kier alpha value is -6.09. The lowest BCUT2D eigenvalue weighted by molar-refractivity contribution is -0.149. The Morgan fingerprint density at radius 2 is 0.875 bits per heavy atom. The number of aliphatic hydroxyl groups is 2. The average molecular weight is 1010 g/mol. The van der Waals surface area contributed by atoms with Crippen molar-refractivity contribution >= 4 is 18.3 Å². The van der Waals surface area contributed by atoms with Gasteiger partial charge in [0, 0.05) is 0 Å². The molecule has 6 atom stereocenters. The number of hydrogen-bond donors (Lipinski definition) is 3. The Balaban J connectivity index is 0.000000402. The molecule has 0 aliphatic heterocycles. The molecule has 4 rings (SSSR count). The zero-order chi connectivity index (χ0) is 52.9. The van der Waals surface area contributed by atoms with Crippen LogP contribution in [0, 0.1) is 0 Å². The SMILES string of the molecule is COC(=O)/C(=C/COC[C@H](OCc1ccc(OC)cc1)[C@@H](OCc1ccc(OC)cc1)[C@H](C)O)NC(=O)OC(C)(C)C.COc1ccc(CO[C@@H]([C@H](C)O)[C@H](COCC=O)OCc2ccc(OC)cc2)cc1. The molecule has 18 heteroatoms. The van der Waals surface area contributed by atoms with Crippen molar-refractivity contribution in [2.45, 2.75) is 103 Å². The molecule has 0 spiro atoms. The predicted octanol–water partition coefficient (Wildman–Crippen LogP) is 6.92. The van der Waals surface area contributed by atoms with Gasteiger partial charge in [-0.2, -0.15) is 0 Å². The van der Waals surface area contributed by atoms with Crippen LogP contribution in [0.3, 0.4) is 0 Å². The summed E-state index contributed by atoms with van der Waals surface area (Å²) in [5.41, 5.74) is 2.76. The number of methoxy groups -OCH3 is 5. The van der Waals surface area contributed by atoms with E-state index in [1.807, 2.05) is 97.1 Å². The quantitative estimate of drug-likeness (QED) is 0.0209. The minimum atomic E-state index is -0.900. The fraction of sp³-hybridized carbons (Fsp3) is 0.463. The van der Waals surface area contributed by atoms with E-state index in [-0.39, 0.29) is 51.9 Å². The van der Waals surface area contributed by atoms with Gasteiger partial charge in [-0.25, -0.2) is 9.59 Å². The van der Waals surface area contributed by atoms with E-state index < -0.39 is 54.3 Å². The van der Waals surface area contributed by atoms with Crippen LogP contribution in [0.4, 0.5) is 4.79 Å². The smallest absolute Gasteiger partial charge is 0.412 e. The van der Waals surface area contributed by atoms with Crippen molar-refractivity contribution in [3.8, 4) is 23.0 Å². The van der Waals surface area contributed by atoms with Gasteiger partial charge < -0.3 is 71.8 Å². The number of amides is 1. The molecule has 0 heterocycles. The Morgan fingerprint density at radius 1 is 0.542 bits per heavy atom. The molecule has 0 saturated carbocycles. The second-order valence-corrected chi connectivity index (χ2v) is 17.1. The van der Waals surface area contributed by atoms with E-state index in [2.05, 4.69) is 5.32 Å². The van der Waals surface area contributed by atoms with E-state index in [4.69, 9.17) is 56.8 Å². The summed E-state index contributed by atoms with van der Waals surface area (Å²) in [6, 6.07) is 29.8. The van der Waals surface area contributed by atoms with Gasteiger partial charge in [0.2, 0.25) is 0 Å². The van der Waals surface area contributed by atoms with Crippen LogP contribution in [0.5, 0.6) is 23.0 Å². The molecule has 1 amide bonds. The maximum absolute atomic E-state index is 12.2. The lowest BCUT2D eigenvalue weighted by Crippen LogP contribution is -2.42. The molecule has 0 aliphatic carbocycles. The molecule has 0 unspecified atom stereocenters. The Kier molecular flexibility index (Phi) is 27.4. The maximum Gasteiger partial charge on any atom is 0.412 e. The summed E-state index contributed by atoms with van der Waals surface area (Å²) in [6.07, 6.45) is -3.12. The normalized spacial score (nSPS) is 14.0. The number of rotatable bonds is 30. The van der Waals surface area contributed by atoms with Gasteiger partial charge in [0.05, 0.1) is 94.0 Å². The van der Waals surface area contributed by atoms with Crippen LogP contribution in [-0.2, 0) is 73.9 Å². The van der Waals surface area contributed by atoms with Crippen LogP contribution < -0.4 is 24.3 Å². The third-order valence-electron chi connectivity index (χ3n) is 10.3. The lowest BCUT2D eigenvalue weighted by atomic mass is 10.1. The Bertz CT molecular complexity index is 2160. The largest absolute Gasteiger partial charge is 0.497 e. The molecule has 18 nitrogen and oxygen atoms in total. The maximum atomic E-state index is 12.2. The number of benzene rings is 4. The summed E-state index contributed by atoms with van der Waals surface area (Å²) >= 11 is 0. The second-order valence-electron chi connectivity index (χ2n) is 17.1. The van der Waals surface area contributed by atoms with Gasteiger partial charge >= 0.3 is 12.1 Å². The molecule has 0 bridgehead atoms. The standard InChI is InChI=1S/C31H43NO10.C23H30O7/c1-21(33)28(41-19-23-10-14-25(37-6)15-11-23)27(40-18-22-8-12-24(36-5)13-9-22)20-39-17-16-26(29(34)38-7)32-30(35)42-31(2,3)4;1-17(25)23(30-15-19-6-10-21(27-3)11-7-19)22(16-28-13-12-24)29-14-18-4-8-20(26-2)9-5-18/h8-16,21,27-28,33H,17-20H2,1-7H3,(H,32,35);4-12,17,22-23,25H,13-16H2,1-3H3/b26-16-;/t21-,27-,28-;17-,22-,23-/m00/s1. The van der Waals surface area contributed by atoms with Crippen molar-refractivity contribution in [3.63, 3.8) is 0 Å². The molecule has 396 valence electrons. The van der Waals surface area contributed by atoms with Gasteiger partial charge in [-0.15, -0.1) is 0 Å². The van der Waals surface area contributed by atoms with Crippen molar-refractivity contribution in [2.24, 2.45) is 0 Å². The van der Waals surface area contributed by atoms with Gasteiger partial charge in [0.1, 0.15) is 71.6 Å². The third-order valence-corrected chi connectivity index (χ3v) is 10.3. The average Bonchev–Trinajstić information content (AvgIpc) is 3.37. The highest BCUT2D eigenvalue weighted by molar-refractivity contribution is 5.92. The van der Waals surface area contributed by atoms with Gasteiger partial charge in [-0.3, -0.25) is 5.32 Å². The van der Waals surface area contributed by atoms with Gasteiger partial charge in [-0.05, 0) is 111 Å². The predicted molar refractivity (Wildman–Crippen MR) is 267 cm³/mol. The molecule has 4 aromatic carbocycles. The first-order valence-corrected chi connectivity index (χ1v) is 23.2. The first kappa shape index (κ1) is 60.2. The number of carbonyl (C=O) groups is 3. The van der Waals surface area contributed by atoms with Crippen LogP contribution in [0.25, 0.3) is 0 Å². The first-order chi connectivity index (χ1) is 34.5. The van der Waals surface area contributed by atoms with E-state index in [0.29, 0.717) is 12.9 Å². The number of ether oxygens (including phenoxy) is 12. The number of alkyl carbamates (subject to hydrolysis) is 1. The molecule has 0 aliphatic rings. The van der Waals surface area contributed by atoms with Crippen LogP contribution >= 0.6 is 0 Å². The van der Waals surface area contributed by atoms with E-state index in [1.165, 1.54) is 13.2 Å². The van der Waals surface area contributed by atoms with Crippen molar-refractivity contribution < 1.29 is 81.4 Å². The molecule has 0 fully saturated rings. The molecule has 0 saturated heterocycles. The number of carbonyl (C=O) groups excluding carboxylic acids is 3. The zero-order valence-electron chi connectivity index (χ0n) is 43.0. The highest BCUT2D eigenvalue weighted by Crippen LogP contribution is 2.21. The summed E-state index contributed by atoms with van der Waals surface area (Å²) < 4.78 is 66.2. The fourth-order valence-electron chi connectivity index (χ4n) is 6.54. The molecule has 4 aromatic rings. The van der Waals surface area contributed by atoms with Gasteiger partial charge in [0.15, 0.2) is 0 Å². The minimum Gasteiger partial charge on any atom is -0.497 e. The van der Waals surface area contributed by atoms with Crippen molar-refractivity contribution in [3.05, 3.63) is 131 Å². The molecular formula is C54H73NO17. The summed E-state index contributed by atoms with van der Waals surface area (Å²) in [7, 11) is 7.61. The summed E-state index contributed by atoms with van der Waals surface area (Å²) in [5.74, 6) is 2.20. The molecule has 3 N–H and O–H groups in total. The van der Waals surface area contributed by atoms with Crippen molar-refractivity contribution in [1.29, 1.82) is 0 Å². The number of nitrogens with one attached hydrogen (secondary N) is 1. The zero-order valence-corrected chi connectivity index (χ0v) is 43.0. The molecule has 0 aromatic heterocycles. The number of aldehydes is 1. The number of esters is 1. The molecular weight excluding hydrogens is 935 g/mol. The first-order valence-electron chi connectivity index (χ1n) is 23.2. The lowest BCUT2D eigenvalue weighted by Gasteiger charge is -2.29. The Morgan fingerprint density at radius 3 is 1.17 bits per heavy atom. The number of aliphatic hydroxyl groups excluding tert-OH is 2. The van der Waals surface area contributed by atoms with E-state index in [0.717, 1.165) is 45.3 Å². The third kappa shape index (κ3) is 23.0. The topological polar surface area (TPSA) is 214 Å². The fourth-order valence-corrected chi connectivity index (χ4v) is 6.54. The second kappa shape index (κ2) is 32.8. The van der Waals surface area contributed by atoms with Gasteiger partial charge in [-0.1, -0.05) is 48.5 Å². The van der Waals surface area contributed by atoms with Crippen molar-refractivity contribution in [2.75, 3.05) is 62.0 Å². The molecule has 0 radical (unpaired) electrons. The van der Waals surface area contributed by atoms with E-state index in [9.17, 15) is 24.6 Å². The van der Waals surface area contributed by atoms with Crippen molar-refractivity contribution in [1.82, 2.24) is 5.32 Å². The summed E-state index contributed by atoms with van der Waals surface area (Å²) in [6.45, 7) is 9.40. The van der Waals surface area contributed by atoms with Crippen LogP contribution in [0.1, 0.15) is 56.9 Å². The monoisotopic (exact) mass is 1010 g/mol. The summed E-state index contributed by atoms with van der Waals surface area (Å²) in [4.78, 5) is 35.0.